The molecule has 1 saturated carbocycles. The molecule has 202 valence electrons. The number of rotatable bonds is 6. The normalized spacial score (nSPS) is 18.6. The molecule has 0 bridgehead atoms. The van der Waals surface area contributed by atoms with Gasteiger partial charge in [-0.3, -0.25) is 4.90 Å². The summed E-state index contributed by atoms with van der Waals surface area (Å²) in [5, 5.41) is 4.00. The van der Waals surface area contributed by atoms with Crippen molar-refractivity contribution in [1.29, 1.82) is 0 Å². The Balaban J connectivity index is 1.22. The molecule has 0 unspecified atom stereocenters. The van der Waals surface area contributed by atoms with Crippen molar-refractivity contribution in [2.75, 3.05) is 40.6 Å². The Hall–Kier alpha value is -3.42. The Labute approximate surface area is 217 Å². The van der Waals surface area contributed by atoms with E-state index in [2.05, 4.69) is 20.1 Å². The van der Waals surface area contributed by atoms with Crippen LogP contribution in [0.2, 0.25) is 0 Å². The minimum atomic E-state index is -4.64. The van der Waals surface area contributed by atoms with Gasteiger partial charge >= 0.3 is 12.3 Å². The minimum Gasteiger partial charge on any atom is -0.326 e. The number of fused-ring (bicyclic) bond motifs is 1. The second-order valence-electron chi connectivity index (χ2n) is 9.96. The van der Waals surface area contributed by atoms with Gasteiger partial charge in [0, 0.05) is 49.6 Å². The van der Waals surface area contributed by atoms with Crippen molar-refractivity contribution in [2.24, 2.45) is 0 Å². The summed E-state index contributed by atoms with van der Waals surface area (Å²) in [5.41, 5.74) is 1.53. The molecule has 2 aromatic heterocycles. The van der Waals surface area contributed by atoms with E-state index in [9.17, 15) is 21.6 Å². The third-order valence-corrected chi connectivity index (χ3v) is 8.39. The van der Waals surface area contributed by atoms with E-state index in [0.717, 1.165) is 36.7 Å². The molecule has 3 aromatic rings. The molecular weight excluding hydrogens is 523 g/mol. The van der Waals surface area contributed by atoms with Crippen LogP contribution in [-0.4, -0.2) is 66.8 Å². The largest absolute Gasteiger partial charge is 0.486 e. The lowest BCUT2D eigenvalue weighted by Crippen LogP contribution is -2.51. The number of halogens is 3. The van der Waals surface area contributed by atoms with Crippen molar-refractivity contribution < 1.29 is 26.1 Å². The third-order valence-electron chi connectivity index (χ3n) is 7.28. The van der Waals surface area contributed by atoms with Crippen LogP contribution in [0.4, 0.5) is 36.5 Å². The molecule has 1 aliphatic carbocycles. The fourth-order valence-corrected chi connectivity index (χ4v) is 5.84. The molecule has 0 atom stereocenters. The Morgan fingerprint density at radius 3 is 2.50 bits per heavy atom. The van der Waals surface area contributed by atoms with E-state index in [1.54, 1.807) is 17.0 Å². The van der Waals surface area contributed by atoms with Crippen LogP contribution in [0.15, 0.2) is 40.0 Å². The molecule has 1 aromatic carbocycles. The van der Waals surface area contributed by atoms with Gasteiger partial charge in [-0.2, -0.15) is 18.2 Å². The molecule has 0 amide bonds. The maximum absolute atomic E-state index is 14.4. The van der Waals surface area contributed by atoms with Gasteiger partial charge < -0.3 is 14.3 Å². The first-order valence-corrected chi connectivity index (χ1v) is 14.3. The molecule has 0 radical (unpaired) electrons. The first-order valence-electron chi connectivity index (χ1n) is 12.4. The number of piperidine rings is 1. The Kier molecular flexibility index (Phi) is 5.96. The number of alkyl halides is 3. The summed E-state index contributed by atoms with van der Waals surface area (Å²) in [5.74, 6) is 1.10. The van der Waals surface area contributed by atoms with Crippen molar-refractivity contribution in [3.05, 3.63) is 42.0 Å². The molecular formula is C24H26F3N7O3S. The number of aromatic nitrogens is 4. The molecule has 0 N–H and O–H groups in total. The predicted octanol–water partition coefficient (Wildman–Crippen LogP) is 3.83. The topological polar surface area (TPSA) is 109 Å². The van der Waals surface area contributed by atoms with E-state index in [-0.39, 0.29) is 23.6 Å². The number of benzene rings is 1. The fourth-order valence-electron chi connectivity index (χ4n) is 5.16. The number of nitrogens with zero attached hydrogens (tertiary/aromatic N) is 7. The molecule has 6 rings (SSSR count). The van der Waals surface area contributed by atoms with Crippen LogP contribution < -0.4 is 14.7 Å². The highest BCUT2D eigenvalue weighted by atomic mass is 32.2. The summed E-state index contributed by atoms with van der Waals surface area (Å²) in [4.78, 5) is 16.9. The van der Waals surface area contributed by atoms with Gasteiger partial charge in [-0.05, 0) is 55.9 Å². The van der Waals surface area contributed by atoms with Crippen LogP contribution in [0.25, 0.3) is 0 Å². The number of hydrogen-bond donors (Lipinski definition) is 0. The zero-order valence-corrected chi connectivity index (χ0v) is 21.4. The summed E-state index contributed by atoms with van der Waals surface area (Å²) < 4.78 is 72.2. The highest BCUT2D eigenvalue weighted by Gasteiger charge is 2.44. The molecule has 0 spiro atoms. The summed E-state index contributed by atoms with van der Waals surface area (Å²) in [7, 11) is -3.37. The lowest BCUT2D eigenvalue weighted by molar-refractivity contribution is -0.136. The van der Waals surface area contributed by atoms with E-state index in [1.165, 1.54) is 12.1 Å². The Morgan fingerprint density at radius 1 is 1.05 bits per heavy atom. The highest BCUT2D eigenvalue weighted by Crippen LogP contribution is 2.40. The highest BCUT2D eigenvalue weighted by molar-refractivity contribution is 7.90. The standard InChI is InChI=1S/C24H26F3N7O3S/c1-38(35,36)18-4-5-19-16(12-18)6-11-33(19)20-13-21(29-14-28-20)34(24(25,26)27)17-7-9-32(10-8-17)23-30-22(31-37-23)15-2-3-15/h4-5,12-15,17H,2-3,6-11H2,1H3. The third kappa shape index (κ3) is 4.76. The lowest BCUT2D eigenvalue weighted by atomic mass is 10.0. The quantitative estimate of drug-likeness (QED) is 0.421. The van der Waals surface area contributed by atoms with Crippen LogP contribution in [0, 0.1) is 0 Å². The molecule has 1 saturated heterocycles. The van der Waals surface area contributed by atoms with Gasteiger partial charge in [0.05, 0.1) is 4.90 Å². The van der Waals surface area contributed by atoms with Crippen LogP contribution in [-0.2, 0) is 16.3 Å². The van der Waals surface area contributed by atoms with Gasteiger partial charge in [0.25, 0.3) is 0 Å². The first-order chi connectivity index (χ1) is 18.1. The summed E-state index contributed by atoms with van der Waals surface area (Å²) in [6.07, 6.45) is 0.732. The number of sulfone groups is 1. The molecule has 38 heavy (non-hydrogen) atoms. The van der Waals surface area contributed by atoms with E-state index >= 15 is 0 Å². The van der Waals surface area contributed by atoms with E-state index in [1.807, 2.05) is 4.90 Å². The van der Waals surface area contributed by atoms with E-state index in [4.69, 9.17) is 4.52 Å². The second-order valence-corrected chi connectivity index (χ2v) is 12.0. The molecule has 14 heteroatoms. The average Bonchev–Trinajstić information content (AvgIpc) is 3.44. The molecule has 4 heterocycles. The second kappa shape index (κ2) is 9.10. The van der Waals surface area contributed by atoms with E-state index in [0.29, 0.717) is 54.5 Å². The average molecular weight is 550 g/mol. The SMILES string of the molecule is CS(=O)(=O)c1ccc2c(c1)CCN2c1cc(N(C2CCN(c3nc(C4CC4)no3)CC2)C(F)(F)F)ncn1. The van der Waals surface area contributed by atoms with Gasteiger partial charge in [-0.1, -0.05) is 5.16 Å². The summed E-state index contributed by atoms with van der Waals surface area (Å²) in [6, 6.07) is 5.67. The van der Waals surface area contributed by atoms with Crippen LogP contribution >= 0.6 is 0 Å². The van der Waals surface area contributed by atoms with Crippen molar-refractivity contribution >= 4 is 33.2 Å². The maximum Gasteiger partial charge on any atom is 0.486 e. The van der Waals surface area contributed by atoms with Crippen molar-refractivity contribution in [3.8, 4) is 0 Å². The summed E-state index contributed by atoms with van der Waals surface area (Å²) >= 11 is 0. The zero-order chi connectivity index (χ0) is 26.7. The smallest absolute Gasteiger partial charge is 0.326 e. The van der Waals surface area contributed by atoms with Gasteiger partial charge in [-0.15, -0.1) is 0 Å². The number of hydrogen-bond acceptors (Lipinski definition) is 10. The van der Waals surface area contributed by atoms with Crippen molar-refractivity contribution in [3.63, 3.8) is 0 Å². The molecule has 2 aliphatic heterocycles. The minimum absolute atomic E-state index is 0.209. The Morgan fingerprint density at radius 2 is 1.82 bits per heavy atom. The van der Waals surface area contributed by atoms with Crippen molar-refractivity contribution in [1.82, 2.24) is 20.1 Å². The van der Waals surface area contributed by atoms with Gasteiger partial charge in [-0.25, -0.2) is 18.4 Å². The Bertz CT molecular complexity index is 1450. The van der Waals surface area contributed by atoms with Crippen LogP contribution in [0.1, 0.15) is 43.0 Å². The maximum atomic E-state index is 14.4. The van der Waals surface area contributed by atoms with Gasteiger partial charge in [0.1, 0.15) is 18.0 Å². The summed E-state index contributed by atoms with van der Waals surface area (Å²) in [6.45, 7) is 1.17. The first kappa shape index (κ1) is 24.9. The fraction of sp³-hybridized carbons (Fsp3) is 0.500. The van der Waals surface area contributed by atoms with E-state index < -0.39 is 22.2 Å². The van der Waals surface area contributed by atoms with Crippen LogP contribution in [0.3, 0.4) is 0 Å². The van der Waals surface area contributed by atoms with Crippen molar-refractivity contribution in [2.45, 2.75) is 55.3 Å². The van der Waals surface area contributed by atoms with Crippen LogP contribution in [0.5, 0.6) is 0 Å². The lowest BCUT2D eigenvalue weighted by Gasteiger charge is -2.39. The predicted molar refractivity (Wildman–Crippen MR) is 132 cm³/mol. The van der Waals surface area contributed by atoms with Gasteiger partial charge in [0.2, 0.25) is 0 Å². The zero-order valence-electron chi connectivity index (χ0n) is 20.6. The monoisotopic (exact) mass is 549 g/mol. The molecule has 10 nitrogen and oxygen atoms in total. The van der Waals surface area contributed by atoms with Gasteiger partial charge in [0.15, 0.2) is 15.7 Å². The molecule has 3 aliphatic rings. The number of anilines is 4. The molecule has 2 fully saturated rings.